The molecule has 0 atom stereocenters. The van der Waals surface area contributed by atoms with Crippen molar-refractivity contribution in [3.05, 3.63) is 23.7 Å². The number of aliphatic hydroxyl groups is 2. The van der Waals surface area contributed by atoms with Crippen molar-refractivity contribution >= 4 is 0 Å². The summed E-state index contributed by atoms with van der Waals surface area (Å²) in [6.45, 7) is 3.55. The molecule has 2 N–H and O–H groups in total. The number of rotatable bonds is 2. The van der Waals surface area contributed by atoms with Crippen LogP contribution in [0.3, 0.4) is 0 Å². The molecule has 0 aromatic heterocycles. The van der Waals surface area contributed by atoms with E-state index < -0.39 is 0 Å². The highest BCUT2D eigenvalue weighted by molar-refractivity contribution is 5.15. The Labute approximate surface area is 55.1 Å². The van der Waals surface area contributed by atoms with E-state index in [1.165, 1.54) is 6.08 Å². The third-order valence-electron chi connectivity index (χ3n) is 0.933. The Bertz CT molecular complexity index is 134. The molecule has 0 unspecified atom stereocenters. The quantitative estimate of drug-likeness (QED) is 0.442. The van der Waals surface area contributed by atoms with Crippen molar-refractivity contribution in [1.29, 1.82) is 0 Å². The van der Waals surface area contributed by atoms with E-state index in [0.29, 0.717) is 0 Å². The lowest BCUT2D eigenvalue weighted by molar-refractivity contribution is 0.324. The van der Waals surface area contributed by atoms with E-state index in [1.54, 1.807) is 13.0 Å². The maximum Gasteiger partial charge on any atom is 0.152 e. The summed E-state index contributed by atoms with van der Waals surface area (Å²) < 4.78 is 0. The average Bonchev–Trinajstić information content (AvgIpc) is 1.87. The monoisotopic (exact) mass is 128 g/mol. The van der Waals surface area contributed by atoms with Gasteiger partial charge in [-0.3, -0.25) is 0 Å². The van der Waals surface area contributed by atoms with Gasteiger partial charge in [-0.15, -0.1) is 0 Å². The van der Waals surface area contributed by atoms with E-state index in [-0.39, 0.29) is 11.5 Å². The van der Waals surface area contributed by atoms with Gasteiger partial charge in [0, 0.05) is 0 Å². The fraction of sp³-hybridized carbons (Fsp3) is 0.429. The molecule has 0 aromatic rings. The molecule has 0 amide bonds. The minimum Gasteiger partial charge on any atom is -0.504 e. The van der Waals surface area contributed by atoms with Crippen molar-refractivity contribution in [2.75, 3.05) is 0 Å². The summed E-state index contributed by atoms with van der Waals surface area (Å²) in [4.78, 5) is 0. The normalized spacial score (nSPS) is 14.0. The topological polar surface area (TPSA) is 40.5 Å². The fourth-order valence-electron chi connectivity index (χ4n) is 0.446. The van der Waals surface area contributed by atoms with Crippen molar-refractivity contribution in [3.8, 4) is 0 Å². The zero-order valence-electron chi connectivity index (χ0n) is 5.76. The van der Waals surface area contributed by atoms with E-state index >= 15 is 0 Å². The number of hydrogen-bond acceptors (Lipinski definition) is 2. The van der Waals surface area contributed by atoms with Gasteiger partial charge in [-0.05, 0) is 25.5 Å². The predicted molar refractivity (Wildman–Crippen MR) is 37.4 cm³/mol. The van der Waals surface area contributed by atoms with Crippen molar-refractivity contribution in [1.82, 2.24) is 0 Å². The molecule has 0 aliphatic carbocycles. The standard InChI is InChI=1S/C7H12O2/c1-3-5-7(9)6(8)4-2/h4-5,8-9H,3H2,1-2H3/b6-4+,7-5+. The molecule has 2 nitrogen and oxygen atoms in total. The number of allylic oxidation sites excluding steroid dienone is 2. The summed E-state index contributed by atoms with van der Waals surface area (Å²) in [5.41, 5.74) is 0. The molecule has 0 fully saturated rings. The molecule has 0 saturated carbocycles. The van der Waals surface area contributed by atoms with Gasteiger partial charge in [0.05, 0.1) is 0 Å². The van der Waals surface area contributed by atoms with Gasteiger partial charge in [0.15, 0.2) is 11.5 Å². The summed E-state index contributed by atoms with van der Waals surface area (Å²) in [7, 11) is 0. The van der Waals surface area contributed by atoms with Gasteiger partial charge in [0.2, 0.25) is 0 Å². The van der Waals surface area contributed by atoms with E-state index in [9.17, 15) is 0 Å². The van der Waals surface area contributed by atoms with Crippen molar-refractivity contribution < 1.29 is 10.2 Å². The maximum atomic E-state index is 8.86. The molecule has 52 valence electrons. The van der Waals surface area contributed by atoms with Crippen molar-refractivity contribution in [2.45, 2.75) is 20.3 Å². The number of aliphatic hydroxyl groups excluding tert-OH is 2. The highest BCUT2D eigenvalue weighted by atomic mass is 16.3. The molecule has 2 heteroatoms. The molecule has 0 radical (unpaired) electrons. The Morgan fingerprint density at radius 3 is 2.22 bits per heavy atom. The van der Waals surface area contributed by atoms with Crippen LogP contribution in [-0.4, -0.2) is 10.2 Å². The number of hydrogen-bond donors (Lipinski definition) is 2. The third-order valence-corrected chi connectivity index (χ3v) is 0.933. The summed E-state index contributed by atoms with van der Waals surface area (Å²) in [5, 5.41) is 17.7. The minimum atomic E-state index is -0.0585. The molecule has 0 aliphatic rings. The van der Waals surface area contributed by atoms with Crippen LogP contribution in [0.5, 0.6) is 0 Å². The van der Waals surface area contributed by atoms with Crippen molar-refractivity contribution in [2.24, 2.45) is 0 Å². The van der Waals surface area contributed by atoms with Gasteiger partial charge in [-0.25, -0.2) is 0 Å². The molecular weight excluding hydrogens is 116 g/mol. The molecule has 0 rings (SSSR count). The highest BCUT2D eigenvalue weighted by Gasteiger charge is 1.93. The van der Waals surface area contributed by atoms with Gasteiger partial charge in [0.1, 0.15) is 0 Å². The summed E-state index contributed by atoms with van der Waals surface area (Å²) in [6, 6.07) is 0. The van der Waals surface area contributed by atoms with Crippen LogP contribution in [0, 0.1) is 0 Å². The zero-order chi connectivity index (χ0) is 7.28. The lowest BCUT2D eigenvalue weighted by Gasteiger charge is -1.94. The summed E-state index contributed by atoms with van der Waals surface area (Å²) in [5.74, 6) is -0.100. The van der Waals surface area contributed by atoms with Gasteiger partial charge in [0.25, 0.3) is 0 Å². The van der Waals surface area contributed by atoms with Crippen LogP contribution in [0.4, 0.5) is 0 Å². The van der Waals surface area contributed by atoms with E-state index in [1.807, 2.05) is 6.92 Å². The van der Waals surface area contributed by atoms with E-state index in [0.717, 1.165) is 6.42 Å². The Morgan fingerprint density at radius 1 is 1.33 bits per heavy atom. The lowest BCUT2D eigenvalue weighted by atomic mass is 10.3. The van der Waals surface area contributed by atoms with Crippen LogP contribution in [0.2, 0.25) is 0 Å². The van der Waals surface area contributed by atoms with E-state index in [2.05, 4.69) is 0 Å². The Hall–Kier alpha value is -0.920. The Morgan fingerprint density at radius 2 is 1.89 bits per heavy atom. The smallest absolute Gasteiger partial charge is 0.152 e. The molecule has 0 saturated heterocycles. The first-order valence-electron chi connectivity index (χ1n) is 2.97. The molecule has 0 bridgehead atoms. The van der Waals surface area contributed by atoms with Crippen LogP contribution < -0.4 is 0 Å². The van der Waals surface area contributed by atoms with Crippen molar-refractivity contribution in [3.63, 3.8) is 0 Å². The lowest BCUT2D eigenvalue weighted by Crippen LogP contribution is -1.84. The van der Waals surface area contributed by atoms with Crippen LogP contribution >= 0.6 is 0 Å². The maximum absolute atomic E-state index is 8.86. The molecule has 0 aliphatic heterocycles. The second-order valence-corrected chi connectivity index (χ2v) is 1.67. The van der Waals surface area contributed by atoms with Crippen LogP contribution in [0.1, 0.15) is 20.3 Å². The van der Waals surface area contributed by atoms with Crippen LogP contribution in [-0.2, 0) is 0 Å². The average molecular weight is 128 g/mol. The van der Waals surface area contributed by atoms with Gasteiger partial charge in [-0.2, -0.15) is 0 Å². The SMILES string of the molecule is C/C=C(O)\C(O)=C/CC. The Balaban J connectivity index is 4.03. The Kier molecular flexibility index (Phi) is 3.60. The van der Waals surface area contributed by atoms with Crippen LogP contribution in [0.25, 0.3) is 0 Å². The van der Waals surface area contributed by atoms with E-state index in [4.69, 9.17) is 10.2 Å². The zero-order valence-corrected chi connectivity index (χ0v) is 5.76. The molecule has 0 aromatic carbocycles. The highest BCUT2D eigenvalue weighted by Crippen LogP contribution is 2.01. The predicted octanol–water partition coefficient (Wildman–Crippen LogP) is 2.30. The molecule has 0 heterocycles. The molecule has 0 spiro atoms. The second-order valence-electron chi connectivity index (χ2n) is 1.67. The summed E-state index contributed by atoms with van der Waals surface area (Å²) in [6.07, 6.45) is 3.72. The molecular formula is C7H12O2. The minimum absolute atomic E-state index is 0.0417. The first kappa shape index (κ1) is 8.08. The first-order chi connectivity index (χ1) is 4.22. The fourth-order valence-corrected chi connectivity index (χ4v) is 0.446. The second kappa shape index (κ2) is 4.01. The van der Waals surface area contributed by atoms with Crippen LogP contribution in [0.15, 0.2) is 23.7 Å². The van der Waals surface area contributed by atoms with Gasteiger partial charge in [-0.1, -0.05) is 6.92 Å². The summed E-state index contributed by atoms with van der Waals surface area (Å²) >= 11 is 0. The third kappa shape index (κ3) is 2.80. The largest absolute Gasteiger partial charge is 0.504 e. The van der Waals surface area contributed by atoms with Gasteiger partial charge < -0.3 is 10.2 Å². The molecule has 9 heavy (non-hydrogen) atoms. The first-order valence-corrected chi connectivity index (χ1v) is 2.97. The van der Waals surface area contributed by atoms with Gasteiger partial charge >= 0.3 is 0 Å².